The molecule has 0 radical (unpaired) electrons. The molecule has 7 nitrogen and oxygen atoms in total. The molecule has 0 aliphatic carbocycles. The number of aliphatic hydroxyl groups is 1. The Morgan fingerprint density at radius 1 is 1.14 bits per heavy atom. The summed E-state index contributed by atoms with van der Waals surface area (Å²) in [5.41, 5.74) is 2.83. The fourth-order valence-corrected chi connectivity index (χ4v) is 3.16. The molecule has 0 fully saturated rings. The first kappa shape index (κ1) is 22.9. The Morgan fingerprint density at radius 3 is 2.45 bits per heavy atom. The second kappa shape index (κ2) is 10.4. The number of imidazole rings is 1. The van der Waals surface area contributed by atoms with E-state index in [0.717, 1.165) is 36.5 Å². The van der Waals surface area contributed by atoms with E-state index in [1.807, 2.05) is 31.5 Å². The molecular formula is C21H31ClN6O. The van der Waals surface area contributed by atoms with E-state index in [4.69, 9.17) is 9.97 Å². The SMILES string of the molecule is CC[C@H](CO)Nc1nc(N(CC)Cc2ccccc2)c2ncn(C(C)C)c2n1.Cl. The molecular weight excluding hydrogens is 388 g/mol. The lowest BCUT2D eigenvalue weighted by molar-refractivity contribution is 0.271. The van der Waals surface area contributed by atoms with Crippen molar-refractivity contribution in [1.82, 2.24) is 19.5 Å². The van der Waals surface area contributed by atoms with E-state index < -0.39 is 0 Å². The van der Waals surface area contributed by atoms with Crippen LogP contribution in [0.15, 0.2) is 36.7 Å². The van der Waals surface area contributed by atoms with E-state index in [2.05, 4.69) is 52.7 Å². The number of aromatic nitrogens is 4. The fraction of sp³-hybridized carbons (Fsp3) is 0.476. The highest BCUT2D eigenvalue weighted by atomic mass is 35.5. The largest absolute Gasteiger partial charge is 0.394 e. The normalized spacial score (nSPS) is 12.1. The van der Waals surface area contributed by atoms with Crippen LogP contribution in [0, 0.1) is 0 Å². The molecule has 29 heavy (non-hydrogen) atoms. The third-order valence-electron chi connectivity index (χ3n) is 4.90. The summed E-state index contributed by atoms with van der Waals surface area (Å²) in [6.45, 7) is 9.95. The minimum Gasteiger partial charge on any atom is -0.394 e. The number of anilines is 2. The maximum atomic E-state index is 9.58. The van der Waals surface area contributed by atoms with Crippen LogP contribution in [0.5, 0.6) is 0 Å². The summed E-state index contributed by atoms with van der Waals surface area (Å²) in [6.07, 6.45) is 2.62. The van der Waals surface area contributed by atoms with E-state index in [-0.39, 0.29) is 31.1 Å². The van der Waals surface area contributed by atoms with Gasteiger partial charge in [0.15, 0.2) is 17.0 Å². The summed E-state index contributed by atoms with van der Waals surface area (Å²) < 4.78 is 2.06. The quantitative estimate of drug-likeness (QED) is 0.546. The summed E-state index contributed by atoms with van der Waals surface area (Å²) in [7, 11) is 0. The van der Waals surface area contributed by atoms with Crippen LogP contribution in [0.1, 0.15) is 45.7 Å². The highest BCUT2D eigenvalue weighted by Crippen LogP contribution is 2.27. The molecule has 0 aliphatic heterocycles. The average molecular weight is 419 g/mol. The lowest BCUT2D eigenvalue weighted by Crippen LogP contribution is -2.27. The maximum absolute atomic E-state index is 9.58. The molecule has 0 bridgehead atoms. The number of hydrogen-bond acceptors (Lipinski definition) is 6. The maximum Gasteiger partial charge on any atom is 0.227 e. The molecule has 158 valence electrons. The standard InChI is InChI=1S/C21H30N6O.ClH/c1-5-17(13-28)23-21-24-19(18-20(25-21)27(14-22-18)15(3)4)26(6-2)12-16-10-8-7-9-11-16;/h7-11,14-15,17,28H,5-6,12-13H2,1-4H3,(H,23,24,25);1H/t17-;/m1./s1. The monoisotopic (exact) mass is 418 g/mol. The molecule has 1 atom stereocenters. The first-order valence-electron chi connectivity index (χ1n) is 9.98. The van der Waals surface area contributed by atoms with Crippen LogP contribution in [-0.2, 0) is 6.54 Å². The van der Waals surface area contributed by atoms with Crippen LogP contribution in [-0.4, -0.2) is 43.8 Å². The topological polar surface area (TPSA) is 79.1 Å². The number of fused-ring (bicyclic) bond motifs is 1. The summed E-state index contributed by atoms with van der Waals surface area (Å²) in [4.78, 5) is 16.4. The van der Waals surface area contributed by atoms with Crippen molar-refractivity contribution in [1.29, 1.82) is 0 Å². The van der Waals surface area contributed by atoms with Gasteiger partial charge in [0, 0.05) is 19.1 Å². The van der Waals surface area contributed by atoms with Gasteiger partial charge in [-0.25, -0.2) is 4.98 Å². The summed E-state index contributed by atoms with van der Waals surface area (Å²) >= 11 is 0. The third kappa shape index (κ3) is 5.16. The average Bonchev–Trinajstić information content (AvgIpc) is 3.14. The second-order valence-corrected chi connectivity index (χ2v) is 7.22. The number of rotatable bonds is 9. The molecule has 2 heterocycles. The van der Waals surface area contributed by atoms with Crippen molar-refractivity contribution in [2.45, 2.75) is 52.7 Å². The third-order valence-corrected chi connectivity index (χ3v) is 4.90. The molecule has 0 spiro atoms. The number of hydrogen-bond donors (Lipinski definition) is 2. The highest BCUT2D eigenvalue weighted by Gasteiger charge is 2.20. The zero-order chi connectivity index (χ0) is 20.1. The van der Waals surface area contributed by atoms with E-state index in [0.29, 0.717) is 5.95 Å². The number of aliphatic hydroxyl groups excluding tert-OH is 1. The van der Waals surface area contributed by atoms with Crippen LogP contribution in [0.4, 0.5) is 11.8 Å². The number of nitrogens with zero attached hydrogens (tertiary/aromatic N) is 5. The second-order valence-electron chi connectivity index (χ2n) is 7.22. The van der Waals surface area contributed by atoms with E-state index >= 15 is 0 Å². The zero-order valence-electron chi connectivity index (χ0n) is 17.5. The van der Waals surface area contributed by atoms with Gasteiger partial charge in [-0.2, -0.15) is 9.97 Å². The number of benzene rings is 1. The number of nitrogens with one attached hydrogen (secondary N) is 1. The van der Waals surface area contributed by atoms with Crippen molar-refractivity contribution >= 4 is 35.3 Å². The van der Waals surface area contributed by atoms with E-state index in [9.17, 15) is 5.11 Å². The lowest BCUT2D eigenvalue weighted by atomic mass is 10.2. The number of halogens is 1. The van der Waals surface area contributed by atoms with Gasteiger partial charge in [0.25, 0.3) is 0 Å². The molecule has 2 aromatic heterocycles. The fourth-order valence-electron chi connectivity index (χ4n) is 3.16. The van der Waals surface area contributed by atoms with Crippen LogP contribution < -0.4 is 10.2 Å². The molecule has 1 aromatic carbocycles. The van der Waals surface area contributed by atoms with E-state index in [1.165, 1.54) is 5.56 Å². The predicted octanol–water partition coefficient (Wildman–Crippen LogP) is 4.04. The van der Waals surface area contributed by atoms with Crippen molar-refractivity contribution in [2.24, 2.45) is 0 Å². The van der Waals surface area contributed by atoms with Crippen LogP contribution >= 0.6 is 12.4 Å². The Balaban J connectivity index is 0.00000300. The molecule has 0 unspecified atom stereocenters. The first-order valence-corrected chi connectivity index (χ1v) is 9.98. The Morgan fingerprint density at radius 2 is 1.86 bits per heavy atom. The molecule has 0 aliphatic rings. The highest BCUT2D eigenvalue weighted by molar-refractivity contribution is 5.85. The van der Waals surface area contributed by atoms with Gasteiger partial charge in [-0.05, 0) is 32.8 Å². The Bertz CT molecular complexity index is 895. The summed E-state index contributed by atoms with van der Waals surface area (Å²) in [6, 6.07) is 10.5. The smallest absolute Gasteiger partial charge is 0.227 e. The van der Waals surface area contributed by atoms with Crippen molar-refractivity contribution in [3.8, 4) is 0 Å². The van der Waals surface area contributed by atoms with Gasteiger partial charge in [-0.15, -0.1) is 12.4 Å². The van der Waals surface area contributed by atoms with Crippen molar-refractivity contribution in [3.63, 3.8) is 0 Å². The van der Waals surface area contributed by atoms with Gasteiger partial charge in [-0.1, -0.05) is 37.3 Å². The van der Waals surface area contributed by atoms with Gasteiger partial charge in [0.05, 0.1) is 19.0 Å². The predicted molar refractivity (Wildman–Crippen MR) is 121 cm³/mol. The molecule has 2 N–H and O–H groups in total. The Labute approximate surface area is 178 Å². The molecule has 3 aromatic rings. The van der Waals surface area contributed by atoms with Gasteiger partial charge in [-0.3, -0.25) is 0 Å². The Kier molecular flexibility index (Phi) is 8.22. The minimum absolute atomic E-state index is 0. The van der Waals surface area contributed by atoms with E-state index in [1.54, 1.807) is 0 Å². The van der Waals surface area contributed by atoms with Gasteiger partial charge in [0.2, 0.25) is 5.95 Å². The lowest BCUT2D eigenvalue weighted by Gasteiger charge is -2.24. The van der Waals surface area contributed by atoms with Gasteiger partial charge in [0.1, 0.15) is 0 Å². The molecule has 0 saturated carbocycles. The zero-order valence-corrected chi connectivity index (χ0v) is 18.4. The molecule has 3 rings (SSSR count). The Hall–Kier alpha value is -2.38. The van der Waals surface area contributed by atoms with Crippen LogP contribution in [0.25, 0.3) is 11.2 Å². The van der Waals surface area contributed by atoms with Crippen LogP contribution in [0.2, 0.25) is 0 Å². The molecule has 0 amide bonds. The molecule has 0 saturated heterocycles. The molecule has 8 heteroatoms. The van der Waals surface area contributed by atoms with Crippen molar-refractivity contribution in [3.05, 3.63) is 42.2 Å². The van der Waals surface area contributed by atoms with Gasteiger partial charge < -0.3 is 19.9 Å². The van der Waals surface area contributed by atoms with Crippen LogP contribution in [0.3, 0.4) is 0 Å². The summed E-state index contributed by atoms with van der Waals surface area (Å²) in [5, 5.41) is 12.8. The first-order chi connectivity index (χ1) is 13.6. The van der Waals surface area contributed by atoms with Gasteiger partial charge >= 0.3 is 0 Å². The summed E-state index contributed by atoms with van der Waals surface area (Å²) in [5.74, 6) is 1.34. The van der Waals surface area contributed by atoms with Crippen molar-refractivity contribution < 1.29 is 5.11 Å². The minimum atomic E-state index is -0.0788. The van der Waals surface area contributed by atoms with Crippen molar-refractivity contribution in [2.75, 3.05) is 23.4 Å².